The number of hydrogen-bond donors (Lipinski definition) is 5. The molecule has 3 aromatic rings. The lowest BCUT2D eigenvalue weighted by Crippen LogP contribution is -2.41. The molecule has 2 amide bonds. The molecule has 2 aromatic heterocycles. The molecule has 1 unspecified atom stereocenters. The van der Waals surface area contributed by atoms with Crippen LogP contribution in [0, 0.1) is 0 Å². The summed E-state index contributed by atoms with van der Waals surface area (Å²) in [5.74, 6) is -3.69. The summed E-state index contributed by atoms with van der Waals surface area (Å²) in [7, 11) is 0. The Labute approximate surface area is 190 Å². The summed E-state index contributed by atoms with van der Waals surface area (Å²) in [6, 6.07) is 4.50. The summed E-state index contributed by atoms with van der Waals surface area (Å²) >= 11 is 0. The minimum absolute atomic E-state index is 0.0436. The van der Waals surface area contributed by atoms with E-state index in [1.807, 2.05) is 0 Å². The maximum absolute atomic E-state index is 12.9. The van der Waals surface area contributed by atoms with Crippen molar-refractivity contribution in [2.75, 3.05) is 16.4 Å². The van der Waals surface area contributed by atoms with Gasteiger partial charge in [0.05, 0.1) is 12.2 Å². The molecule has 4 rings (SSSR count). The number of hydrogen-bond acceptors (Lipinski definition) is 10. The first-order chi connectivity index (χ1) is 16.1. The number of carbonyl (C=O) groups is 4. The van der Waals surface area contributed by atoms with E-state index in [2.05, 4.69) is 25.3 Å². The predicted octanol–water partition coefficient (Wildman–Crippen LogP) is -0.208. The molecule has 174 valence electrons. The fourth-order valence-electron chi connectivity index (χ4n) is 3.42. The van der Waals surface area contributed by atoms with Gasteiger partial charge in [-0.25, -0.2) is 14.8 Å². The second-order valence-electron chi connectivity index (χ2n) is 7.39. The number of nitrogens with two attached hydrogens (primary N) is 2. The molecule has 1 atom stereocenters. The molecule has 3 heterocycles. The van der Waals surface area contributed by atoms with E-state index in [-0.39, 0.29) is 47.2 Å². The smallest absolute Gasteiger partial charge is 0.326 e. The fraction of sp³-hybridized carbons (Fsp3) is 0.200. The van der Waals surface area contributed by atoms with Crippen LogP contribution in [-0.4, -0.2) is 59.9 Å². The van der Waals surface area contributed by atoms with Gasteiger partial charge in [0.1, 0.15) is 6.04 Å². The molecule has 0 saturated carbocycles. The molecule has 0 aliphatic carbocycles. The zero-order valence-electron chi connectivity index (χ0n) is 17.4. The van der Waals surface area contributed by atoms with Crippen molar-refractivity contribution >= 4 is 52.4 Å². The van der Waals surface area contributed by atoms with Crippen LogP contribution in [0.5, 0.6) is 0 Å². The largest absolute Gasteiger partial charge is 0.481 e. The van der Waals surface area contributed by atoms with Crippen LogP contribution in [0.4, 0.5) is 17.5 Å². The van der Waals surface area contributed by atoms with Gasteiger partial charge in [0.25, 0.3) is 11.8 Å². The number of carbonyl (C=O) groups excluding carboxylic acids is 2. The van der Waals surface area contributed by atoms with Crippen molar-refractivity contribution in [3.8, 4) is 0 Å². The topological polar surface area (TPSA) is 228 Å². The molecular formula is C20H18N8O6. The molecule has 7 N–H and O–H groups in total. The summed E-state index contributed by atoms with van der Waals surface area (Å²) in [6.45, 7) is 0.0999. The number of benzene rings is 1. The number of rotatable bonds is 7. The monoisotopic (exact) mass is 466 g/mol. The number of nitrogens with zero attached hydrogens (tertiary/aromatic N) is 5. The van der Waals surface area contributed by atoms with Crippen molar-refractivity contribution in [2.24, 2.45) is 0 Å². The second kappa shape index (κ2) is 8.57. The Bertz CT molecular complexity index is 1340. The van der Waals surface area contributed by atoms with Crippen LogP contribution in [0.3, 0.4) is 0 Å². The van der Waals surface area contributed by atoms with Crippen LogP contribution >= 0.6 is 0 Å². The van der Waals surface area contributed by atoms with Crippen molar-refractivity contribution in [2.45, 2.75) is 25.4 Å². The van der Waals surface area contributed by atoms with Gasteiger partial charge >= 0.3 is 11.9 Å². The zero-order valence-corrected chi connectivity index (χ0v) is 17.4. The summed E-state index contributed by atoms with van der Waals surface area (Å²) in [5.41, 5.74) is 12.8. The number of fused-ring (bicyclic) bond motifs is 2. The lowest BCUT2D eigenvalue weighted by atomic mass is 10.1. The van der Waals surface area contributed by atoms with E-state index in [9.17, 15) is 24.3 Å². The van der Waals surface area contributed by atoms with E-state index in [1.54, 1.807) is 0 Å². The maximum Gasteiger partial charge on any atom is 0.326 e. The Hall–Kier alpha value is -4.88. The molecule has 14 nitrogen and oxygen atoms in total. The molecule has 1 aliphatic heterocycles. The molecule has 0 spiro atoms. The number of amides is 2. The molecule has 0 radical (unpaired) electrons. The van der Waals surface area contributed by atoms with E-state index in [0.29, 0.717) is 11.4 Å². The summed E-state index contributed by atoms with van der Waals surface area (Å²) in [4.78, 5) is 65.1. The molecule has 0 bridgehead atoms. The van der Waals surface area contributed by atoms with Crippen LogP contribution in [0.2, 0.25) is 0 Å². The minimum Gasteiger partial charge on any atom is -0.481 e. The third kappa shape index (κ3) is 4.23. The van der Waals surface area contributed by atoms with Gasteiger partial charge in [-0.2, -0.15) is 9.97 Å². The first-order valence-electron chi connectivity index (χ1n) is 9.91. The van der Waals surface area contributed by atoms with Crippen molar-refractivity contribution in [1.82, 2.24) is 25.3 Å². The van der Waals surface area contributed by atoms with Gasteiger partial charge in [-0.15, -0.1) is 0 Å². The van der Waals surface area contributed by atoms with Crippen molar-refractivity contribution in [1.29, 1.82) is 0 Å². The highest BCUT2D eigenvalue weighted by Crippen LogP contribution is 2.28. The maximum atomic E-state index is 12.9. The number of nitrogen functional groups attached to an aromatic ring is 2. The van der Waals surface area contributed by atoms with Crippen molar-refractivity contribution < 1.29 is 29.4 Å². The van der Waals surface area contributed by atoms with Gasteiger partial charge in [-0.3, -0.25) is 14.4 Å². The van der Waals surface area contributed by atoms with E-state index >= 15 is 0 Å². The Morgan fingerprint density at radius 2 is 1.76 bits per heavy atom. The van der Waals surface area contributed by atoms with Gasteiger partial charge in [0.15, 0.2) is 22.7 Å². The summed E-state index contributed by atoms with van der Waals surface area (Å²) in [5, 5.41) is 20.2. The predicted molar refractivity (Wildman–Crippen MR) is 117 cm³/mol. The van der Waals surface area contributed by atoms with E-state index < -0.39 is 36.2 Å². The Morgan fingerprint density at radius 1 is 1.06 bits per heavy atom. The normalized spacial score (nSPS) is 13.5. The number of carboxylic acid groups (broad SMARTS) is 2. The number of anilines is 3. The van der Waals surface area contributed by atoms with Gasteiger partial charge < -0.3 is 31.9 Å². The van der Waals surface area contributed by atoms with Crippen LogP contribution in [0.1, 0.15) is 39.4 Å². The van der Waals surface area contributed by atoms with Crippen LogP contribution in [0.15, 0.2) is 24.3 Å². The number of carboxylic acids is 2. The molecule has 14 heteroatoms. The van der Waals surface area contributed by atoms with Crippen molar-refractivity contribution in [3.05, 3.63) is 41.2 Å². The van der Waals surface area contributed by atoms with E-state index in [0.717, 1.165) is 0 Å². The second-order valence-corrected chi connectivity index (χ2v) is 7.39. The van der Waals surface area contributed by atoms with Crippen LogP contribution in [-0.2, 0) is 16.1 Å². The average Bonchev–Trinajstić information content (AvgIpc) is 3.10. The lowest BCUT2D eigenvalue weighted by molar-refractivity contribution is -0.140. The fourth-order valence-corrected chi connectivity index (χ4v) is 3.42. The number of nitrogens with one attached hydrogen (secondary N) is 1. The molecular weight excluding hydrogens is 448 g/mol. The number of aliphatic carboxylic acids is 2. The number of aromatic nitrogens is 4. The molecule has 34 heavy (non-hydrogen) atoms. The zero-order chi connectivity index (χ0) is 24.6. The minimum atomic E-state index is -1.35. The first-order valence-corrected chi connectivity index (χ1v) is 9.91. The van der Waals surface area contributed by atoms with E-state index in [1.165, 1.54) is 29.2 Å². The van der Waals surface area contributed by atoms with Crippen molar-refractivity contribution in [3.63, 3.8) is 0 Å². The van der Waals surface area contributed by atoms with Gasteiger partial charge in [-0.1, -0.05) is 0 Å². The molecule has 0 saturated heterocycles. The Morgan fingerprint density at radius 3 is 2.41 bits per heavy atom. The van der Waals surface area contributed by atoms with Gasteiger partial charge in [0.2, 0.25) is 5.95 Å². The molecule has 1 aliphatic rings. The van der Waals surface area contributed by atoms with Gasteiger partial charge in [0, 0.05) is 17.7 Å². The highest BCUT2D eigenvalue weighted by Gasteiger charge is 2.33. The first kappa shape index (κ1) is 22.3. The summed E-state index contributed by atoms with van der Waals surface area (Å²) < 4.78 is 0. The SMILES string of the molecule is Nc1nc(N)c2nc3c(nc2n1)C(=O)N(c1ccc(C(=O)NC(CCC(=O)O)C(=O)O)cc1)C3. The quantitative estimate of drug-likeness (QED) is 0.305. The standard InChI is InChI=1S/C20H18N8O6/c21-15-14-16(27-20(22)26-15)25-13-11(23-14)7-28(18(13)32)9-3-1-8(2-4-9)17(31)24-10(19(33)34)5-6-12(29)30/h1-4,10H,5-7H2,(H,24,31)(H,29,30)(H,33,34)(H4,21,22,25,26,27). The van der Waals surface area contributed by atoms with Crippen LogP contribution < -0.4 is 21.7 Å². The highest BCUT2D eigenvalue weighted by molar-refractivity contribution is 6.09. The average molecular weight is 466 g/mol. The summed E-state index contributed by atoms with van der Waals surface area (Å²) in [6.07, 6.45) is -0.668. The third-order valence-corrected chi connectivity index (χ3v) is 5.09. The molecule has 0 fully saturated rings. The highest BCUT2D eigenvalue weighted by atomic mass is 16.4. The van der Waals surface area contributed by atoms with Gasteiger partial charge in [-0.05, 0) is 30.7 Å². The lowest BCUT2D eigenvalue weighted by Gasteiger charge is -2.16. The Balaban J connectivity index is 1.52. The third-order valence-electron chi connectivity index (χ3n) is 5.09. The van der Waals surface area contributed by atoms with E-state index in [4.69, 9.17) is 16.6 Å². The van der Waals surface area contributed by atoms with Crippen LogP contribution in [0.25, 0.3) is 11.2 Å². The Kier molecular flexibility index (Phi) is 5.63. The molecule has 1 aromatic carbocycles.